The van der Waals surface area contributed by atoms with E-state index < -0.39 is 5.97 Å². The summed E-state index contributed by atoms with van der Waals surface area (Å²) >= 11 is 1.67. The SMILES string of the molecule is CC1(C)CC(c2cc3cc(C(=O)O)[nH]c3s2)CCO1. The Morgan fingerprint density at radius 3 is 2.95 bits per heavy atom. The lowest BCUT2D eigenvalue weighted by Gasteiger charge is -2.35. The molecule has 102 valence electrons. The van der Waals surface area contributed by atoms with Crippen LogP contribution in [0.5, 0.6) is 0 Å². The van der Waals surface area contributed by atoms with E-state index in [0.29, 0.717) is 5.92 Å². The Kier molecular flexibility index (Phi) is 2.91. The molecule has 0 amide bonds. The van der Waals surface area contributed by atoms with E-state index in [1.165, 1.54) is 4.88 Å². The molecule has 1 aliphatic rings. The van der Waals surface area contributed by atoms with Crippen LogP contribution in [0.2, 0.25) is 0 Å². The second-order valence-corrected chi connectivity index (χ2v) is 6.80. The first-order valence-electron chi connectivity index (χ1n) is 6.44. The van der Waals surface area contributed by atoms with Crippen molar-refractivity contribution in [1.29, 1.82) is 0 Å². The third kappa shape index (κ3) is 2.40. The van der Waals surface area contributed by atoms with Crippen LogP contribution in [0.3, 0.4) is 0 Å². The molecule has 1 fully saturated rings. The third-order valence-corrected chi connectivity index (χ3v) is 4.89. The molecule has 0 aromatic carbocycles. The molecule has 3 heterocycles. The van der Waals surface area contributed by atoms with Gasteiger partial charge in [-0.25, -0.2) is 4.79 Å². The maximum atomic E-state index is 10.9. The van der Waals surface area contributed by atoms with Gasteiger partial charge < -0.3 is 14.8 Å². The van der Waals surface area contributed by atoms with Gasteiger partial charge in [-0.1, -0.05) is 0 Å². The zero-order valence-electron chi connectivity index (χ0n) is 11.0. The van der Waals surface area contributed by atoms with Crippen molar-refractivity contribution in [1.82, 2.24) is 4.98 Å². The number of nitrogens with one attached hydrogen (secondary N) is 1. The lowest BCUT2D eigenvalue weighted by molar-refractivity contribution is -0.0588. The van der Waals surface area contributed by atoms with Gasteiger partial charge in [0.25, 0.3) is 0 Å². The van der Waals surface area contributed by atoms with Gasteiger partial charge in [-0.2, -0.15) is 0 Å². The summed E-state index contributed by atoms with van der Waals surface area (Å²) in [6.07, 6.45) is 2.06. The molecule has 1 aliphatic heterocycles. The largest absolute Gasteiger partial charge is 0.477 e. The molecule has 1 saturated heterocycles. The third-order valence-electron chi connectivity index (χ3n) is 3.66. The number of aromatic amines is 1. The van der Waals surface area contributed by atoms with E-state index in [0.717, 1.165) is 29.7 Å². The molecule has 4 nitrogen and oxygen atoms in total. The topological polar surface area (TPSA) is 62.3 Å². The van der Waals surface area contributed by atoms with Crippen LogP contribution in [-0.4, -0.2) is 28.3 Å². The molecule has 0 aliphatic carbocycles. The highest BCUT2D eigenvalue weighted by molar-refractivity contribution is 7.18. The number of carboxylic acid groups (broad SMARTS) is 1. The molecule has 2 N–H and O–H groups in total. The fourth-order valence-electron chi connectivity index (χ4n) is 2.73. The van der Waals surface area contributed by atoms with E-state index in [-0.39, 0.29) is 11.3 Å². The molecule has 2 aromatic rings. The van der Waals surface area contributed by atoms with Crippen LogP contribution in [0, 0.1) is 0 Å². The van der Waals surface area contributed by atoms with E-state index in [2.05, 4.69) is 24.9 Å². The Labute approximate surface area is 115 Å². The number of carbonyl (C=O) groups is 1. The highest BCUT2D eigenvalue weighted by atomic mass is 32.1. The lowest BCUT2D eigenvalue weighted by Crippen LogP contribution is -2.32. The Morgan fingerprint density at radius 2 is 2.32 bits per heavy atom. The summed E-state index contributed by atoms with van der Waals surface area (Å²) in [5, 5.41) is 9.95. The number of carboxylic acids is 1. The molecular formula is C14H17NO3S. The number of hydrogen-bond acceptors (Lipinski definition) is 3. The highest BCUT2D eigenvalue weighted by Gasteiger charge is 2.30. The van der Waals surface area contributed by atoms with Crippen LogP contribution in [0.1, 0.15) is 48.0 Å². The second kappa shape index (κ2) is 4.35. The van der Waals surface area contributed by atoms with Gasteiger partial charge in [-0.05, 0) is 44.7 Å². The molecule has 1 atom stereocenters. The maximum absolute atomic E-state index is 10.9. The van der Waals surface area contributed by atoms with Gasteiger partial charge in [0, 0.05) is 16.9 Å². The number of ether oxygens (including phenoxy) is 1. The standard InChI is InChI=1S/C14H17NO3S/c1-14(2)7-8(3-4-18-14)11-6-9-5-10(13(16)17)15-12(9)19-11/h5-6,8,15H,3-4,7H2,1-2H3,(H,16,17). The Balaban J connectivity index is 1.89. The van der Waals surface area contributed by atoms with Crippen LogP contribution in [-0.2, 0) is 4.74 Å². The van der Waals surface area contributed by atoms with Crippen molar-refractivity contribution >= 4 is 27.5 Å². The number of H-pyrrole nitrogens is 1. The van der Waals surface area contributed by atoms with E-state index in [9.17, 15) is 4.79 Å². The molecule has 3 rings (SSSR count). The minimum atomic E-state index is -0.905. The molecular weight excluding hydrogens is 262 g/mol. The summed E-state index contributed by atoms with van der Waals surface area (Å²) in [4.78, 5) is 16.1. The van der Waals surface area contributed by atoms with Crippen molar-refractivity contribution in [3.63, 3.8) is 0 Å². The molecule has 5 heteroatoms. The van der Waals surface area contributed by atoms with Crippen molar-refractivity contribution in [2.24, 2.45) is 0 Å². The predicted molar refractivity (Wildman–Crippen MR) is 75.1 cm³/mol. The fourth-order valence-corrected chi connectivity index (χ4v) is 3.92. The van der Waals surface area contributed by atoms with E-state index >= 15 is 0 Å². The molecule has 0 radical (unpaired) electrons. The Hall–Kier alpha value is -1.33. The number of aromatic carboxylic acids is 1. The number of hydrogen-bond donors (Lipinski definition) is 2. The summed E-state index contributed by atoms with van der Waals surface area (Å²) in [5.74, 6) is -0.389. The number of fused-ring (bicyclic) bond motifs is 1. The summed E-state index contributed by atoms with van der Waals surface area (Å²) in [5.41, 5.74) is 0.201. The van der Waals surface area contributed by atoms with E-state index in [1.54, 1.807) is 17.4 Å². The minimum absolute atomic E-state index is 0.0627. The van der Waals surface area contributed by atoms with Crippen LogP contribution >= 0.6 is 11.3 Å². The van der Waals surface area contributed by atoms with Gasteiger partial charge in [0.15, 0.2) is 0 Å². The predicted octanol–water partition coefficient (Wildman–Crippen LogP) is 3.60. The molecule has 2 aromatic heterocycles. The average molecular weight is 279 g/mol. The number of rotatable bonds is 2. The van der Waals surface area contributed by atoms with Crippen molar-refractivity contribution in [3.8, 4) is 0 Å². The monoisotopic (exact) mass is 279 g/mol. The molecule has 0 saturated carbocycles. The van der Waals surface area contributed by atoms with Gasteiger partial charge in [0.1, 0.15) is 10.5 Å². The first-order chi connectivity index (χ1) is 8.94. The van der Waals surface area contributed by atoms with Crippen LogP contribution in [0.25, 0.3) is 10.2 Å². The van der Waals surface area contributed by atoms with Gasteiger partial charge in [-0.15, -0.1) is 11.3 Å². The smallest absolute Gasteiger partial charge is 0.352 e. The summed E-state index contributed by atoms with van der Waals surface area (Å²) < 4.78 is 5.74. The van der Waals surface area contributed by atoms with Crippen LogP contribution in [0.15, 0.2) is 12.1 Å². The van der Waals surface area contributed by atoms with Crippen molar-refractivity contribution in [3.05, 3.63) is 22.7 Å². The van der Waals surface area contributed by atoms with Crippen LogP contribution < -0.4 is 0 Å². The summed E-state index contributed by atoms with van der Waals surface area (Å²) in [6, 6.07) is 3.83. The zero-order valence-corrected chi connectivity index (χ0v) is 11.8. The van der Waals surface area contributed by atoms with E-state index in [4.69, 9.17) is 9.84 Å². The first kappa shape index (κ1) is 12.7. The molecule has 19 heavy (non-hydrogen) atoms. The van der Waals surface area contributed by atoms with Gasteiger partial charge >= 0.3 is 5.97 Å². The van der Waals surface area contributed by atoms with Gasteiger partial charge in [0.05, 0.1) is 5.60 Å². The molecule has 0 spiro atoms. The first-order valence-corrected chi connectivity index (χ1v) is 7.26. The zero-order chi connectivity index (χ0) is 13.6. The highest BCUT2D eigenvalue weighted by Crippen LogP contribution is 2.40. The van der Waals surface area contributed by atoms with Crippen molar-refractivity contribution in [2.45, 2.75) is 38.2 Å². The normalized spacial score (nSPS) is 22.7. The lowest BCUT2D eigenvalue weighted by atomic mass is 9.87. The molecule has 0 bridgehead atoms. The number of aromatic nitrogens is 1. The Bertz CT molecular complexity index is 594. The maximum Gasteiger partial charge on any atom is 0.352 e. The summed E-state index contributed by atoms with van der Waals surface area (Å²) in [6.45, 7) is 5.05. The number of thiophene rings is 1. The van der Waals surface area contributed by atoms with Crippen molar-refractivity contribution < 1.29 is 14.6 Å². The fraction of sp³-hybridized carbons (Fsp3) is 0.500. The molecule has 1 unspecified atom stereocenters. The minimum Gasteiger partial charge on any atom is -0.477 e. The quantitative estimate of drug-likeness (QED) is 0.883. The van der Waals surface area contributed by atoms with Crippen molar-refractivity contribution in [2.75, 3.05) is 6.61 Å². The van der Waals surface area contributed by atoms with Crippen LogP contribution in [0.4, 0.5) is 0 Å². The second-order valence-electron chi connectivity index (χ2n) is 5.72. The Morgan fingerprint density at radius 1 is 1.53 bits per heavy atom. The summed E-state index contributed by atoms with van der Waals surface area (Å²) in [7, 11) is 0. The van der Waals surface area contributed by atoms with Gasteiger partial charge in [-0.3, -0.25) is 0 Å². The van der Waals surface area contributed by atoms with Gasteiger partial charge in [0.2, 0.25) is 0 Å². The average Bonchev–Trinajstić information content (AvgIpc) is 2.84. The van der Waals surface area contributed by atoms with E-state index in [1.807, 2.05) is 0 Å².